The van der Waals surface area contributed by atoms with E-state index in [0.717, 1.165) is 25.7 Å². The summed E-state index contributed by atoms with van der Waals surface area (Å²) in [5.41, 5.74) is -0.375. The number of nitrogens with zero attached hydrogens (tertiary/aromatic N) is 2. The number of ether oxygens (including phenoxy) is 3. The van der Waals surface area contributed by atoms with Crippen molar-refractivity contribution in [3.8, 4) is 17.2 Å². The molecule has 1 aromatic heterocycles. The number of hydrogen-bond donors (Lipinski definition) is 3. The molecule has 0 atom stereocenters. The molecule has 12 heteroatoms. The molecule has 1 amide bonds. The Bertz CT molecular complexity index is 1290. The van der Waals surface area contributed by atoms with Gasteiger partial charge in [-0.05, 0) is 56.0 Å². The topological polar surface area (TPSA) is 107 Å². The summed E-state index contributed by atoms with van der Waals surface area (Å²) < 4.78 is 58.5. The monoisotopic (exact) mass is 531 g/mol. The second-order valence-corrected chi connectivity index (χ2v) is 8.47. The number of anilines is 4. The molecule has 202 valence electrons. The van der Waals surface area contributed by atoms with Crippen LogP contribution in [0.1, 0.15) is 41.6 Å². The van der Waals surface area contributed by atoms with Gasteiger partial charge in [-0.25, -0.2) is 4.98 Å². The van der Waals surface area contributed by atoms with Gasteiger partial charge in [0.05, 0.1) is 31.6 Å². The minimum Gasteiger partial charge on any atom is -0.494 e. The van der Waals surface area contributed by atoms with Crippen molar-refractivity contribution in [1.82, 2.24) is 15.3 Å². The highest BCUT2D eigenvalue weighted by molar-refractivity contribution is 6.00. The lowest BCUT2D eigenvalue weighted by molar-refractivity contribution is -0.137. The van der Waals surface area contributed by atoms with E-state index in [0.29, 0.717) is 42.3 Å². The maximum atomic E-state index is 13.8. The van der Waals surface area contributed by atoms with E-state index in [1.165, 1.54) is 26.3 Å². The standard InChI is InChI=1S/C26H28F3N5O4/c1-30-24(35)18-14-17-8-9-20(18)33-23-19(26(27,28)29)15-31-25(34-23)32-16-7-10-21(22(13-16)36-2)38-12-6-4-3-5-11-37-17/h7-10,13-15H,3-6,11-12H2,1-2H3,(H,30,35)(H2,31,32,33,34). The van der Waals surface area contributed by atoms with E-state index < -0.39 is 23.5 Å². The fraction of sp³-hybridized carbons (Fsp3) is 0.346. The lowest BCUT2D eigenvalue weighted by Gasteiger charge is -2.17. The molecule has 0 unspecified atom stereocenters. The molecular weight excluding hydrogens is 503 g/mol. The third-order valence-electron chi connectivity index (χ3n) is 5.79. The highest BCUT2D eigenvalue weighted by atomic mass is 19.4. The van der Waals surface area contributed by atoms with Crippen molar-refractivity contribution in [2.75, 3.05) is 38.0 Å². The fourth-order valence-electron chi connectivity index (χ4n) is 3.84. The molecule has 0 saturated heterocycles. The fourth-order valence-corrected chi connectivity index (χ4v) is 3.84. The Labute approximate surface area is 217 Å². The average Bonchev–Trinajstić information content (AvgIpc) is 2.90. The van der Waals surface area contributed by atoms with Crippen molar-refractivity contribution in [3.63, 3.8) is 0 Å². The maximum Gasteiger partial charge on any atom is 0.421 e. The van der Waals surface area contributed by atoms with Crippen molar-refractivity contribution in [2.45, 2.75) is 31.9 Å². The van der Waals surface area contributed by atoms with E-state index in [-0.39, 0.29) is 17.2 Å². The van der Waals surface area contributed by atoms with Crippen LogP contribution < -0.4 is 30.2 Å². The number of amides is 1. The molecule has 9 nitrogen and oxygen atoms in total. The van der Waals surface area contributed by atoms with Crippen LogP contribution in [-0.4, -0.2) is 43.2 Å². The van der Waals surface area contributed by atoms with Crippen LogP contribution in [0.5, 0.6) is 17.2 Å². The first kappa shape index (κ1) is 26.8. The zero-order valence-corrected chi connectivity index (χ0v) is 20.9. The summed E-state index contributed by atoms with van der Waals surface area (Å²) in [6.07, 6.45) is -0.583. The first-order valence-corrected chi connectivity index (χ1v) is 12.1. The molecule has 6 bridgehead atoms. The molecule has 0 fully saturated rings. The van der Waals surface area contributed by atoms with Crippen molar-refractivity contribution >= 4 is 29.0 Å². The minimum absolute atomic E-state index is 0.0939. The largest absolute Gasteiger partial charge is 0.494 e. The molecule has 0 aliphatic carbocycles. The van der Waals surface area contributed by atoms with E-state index in [4.69, 9.17) is 14.2 Å². The molecule has 5 heterocycles. The zero-order chi connectivity index (χ0) is 27.1. The molecule has 4 aliphatic heterocycles. The molecule has 0 spiro atoms. The van der Waals surface area contributed by atoms with Gasteiger partial charge in [-0.2, -0.15) is 18.2 Å². The first-order valence-electron chi connectivity index (χ1n) is 12.1. The molecule has 3 aromatic rings. The van der Waals surface area contributed by atoms with Crippen LogP contribution in [0.15, 0.2) is 42.6 Å². The number of carbonyl (C=O) groups is 1. The van der Waals surface area contributed by atoms with Crippen LogP contribution in [0.4, 0.5) is 36.3 Å². The van der Waals surface area contributed by atoms with Crippen molar-refractivity contribution < 1.29 is 32.2 Å². The number of hydrogen-bond acceptors (Lipinski definition) is 8. The summed E-state index contributed by atoms with van der Waals surface area (Å²) in [4.78, 5) is 20.5. The highest BCUT2D eigenvalue weighted by Gasteiger charge is 2.35. The van der Waals surface area contributed by atoms with Crippen LogP contribution in [-0.2, 0) is 6.18 Å². The van der Waals surface area contributed by atoms with Gasteiger partial charge in [-0.1, -0.05) is 0 Å². The molecule has 0 saturated carbocycles. The smallest absolute Gasteiger partial charge is 0.421 e. The quantitative estimate of drug-likeness (QED) is 0.388. The Morgan fingerprint density at radius 2 is 1.79 bits per heavy atom. The molecular formula is C26H28F3N5O4. The minimum atomic E-state index is -4.74. The number of methoxy groups -OCH3 is 1. The summed E-state index contributed by atoms with van der Waals surface area (Å²) in [6, 6.07) is 9.60. The lowest BCUT2D eigenvalue weighted by atomic mass is 10.1. The second kappa shape index (κ2) is 11.9. The number of halogens is 3. The second-order valence-electron chi connectivity index (χ2n) is 8.47. The third-order valence-corrected chi connectivity index (χ3v) is 5.79. The van der Waals surface area contributed by atoms with Crippen molar-refractivity contribution in [1.29, 1.82) is 0 Å². The number of rotatable bonds is 2. The number of alkyl halides is 3. The Morgan fingerprint density at radius 3 is 2.50 bits per heavy atom. The summed E-state index contributed by atoms with van der Waals surface area (Å²) in [5, 5.41) is 8.07. The van der Waals surface area contributed by atoms with Crippen molar-refractivity contribution in [2.24, 2.45) is 0 Å². The van der Waals surface area contributed by atoms with Crippen LogP contribution in [0.3, 0.4) is 0 Å². The highest BCUT2D eigenvalue weighted by Crippen LogP contribution is 2.37. The summed E-state index contributed by atoms with van der Waals surface area (Å²) in [5.74, 6) is 0.318. The van der Waals surface area contributed by atoms with Crippen LogP contribution in [0, 0.1) is 0 Å². The van der Waals surface area contributed by atoms with Crippen molar-refractivity contribution in [3.05, 3.63) is 53.7 Å². The number of benzene rings is 2. The lowest BCUT2D eigenvalue weighted by Crippen LogP contribution is -2.20. The summed E-state index contributed by atoms with van der Waals surface area (Å²) >= 11 is 0. The molecule has 0 radical (unpaired) electrons. The van der Waals surface area contributed by atoms with E-state index in [2.05, 4.69) is 25.9 Å². The van der Waals surface area contributed by atoms with Gasteiger partial charge in [0.25, 0.3) is 5.91 Å². The summed E-state index contributed by atoms with van der Waals surface area (Å²) in [7, 11) is 2.93. The van der Waals surface area contributed by atoms with E-state index >= 15 is 0 Å². The molecule has 4 aliphatic rings. The Hall–Kier alpha value is -4.22. The van der Waals surface area contributed by atoms with Gasteiger partial charge in [0, 0.05) is 25.0 Å². The van der Waals surface area contributed by atoms with Gasteiger partial charge < -0.3 is 30.2 Å². The third kappa shape index (κ3) is 6.55. The predicted molar refractivity (Wildman–Crippen MR) is 136 cm³/mol. The van der Waals surface area contributed by atoms with E-state index in [9.17, 15) is 18.0 Å². The van der Waals surface area contributed by atoms with Gasteiger partial charge in [0.1, 0.15) is 17.1 Å². The van der Waals surface area contributed by atoms with Crippen LogP contribution in [0.2, 0.25) is 0 Å². The van der Waals surface area contributed by atoms with Gasteiger partial charge >= 0.3 is 6.18 Å². The van der Waals surface area contributed by atoms with Crippen LogP contribution >= 0.6 is 0 Å². The molecule has 7 rings (SSSR count). The Balaban J connectivity index is 1.76. The van der Waals surface area contributed by atoms with Crippen LogP contribution in [0.25, 0.3) is 0 Å². The molecule has 2 aromatic carbocycles. The van der Waals surface area contributed by atoms with Gasteiger partial charge in [-0.15, -0.1) is 0 Å². The van der Waals surface area contributed by atoms with Gasteiger partial charge in [0.2, 0.25) is 5.95 Å². The number of carbonyl (C=O) groups excluding carboxylic acids is 1. The average molecular weight is 532 g/mol. The Morgan fingerprint density at radius 1 is 1.03 bits per heavy atom. The predicted octanol–water partition coefficient (Wildman–Crippen LogP) is 5.68. The summed E-state index contributed by atoms with van der Waals surface area (Å²) in [6.45, 7) is 0.924. The first-order chi connectivity index (χ1) is 18.3. The zero-order valence-electron chi connectivity index (χ0n) is 20.9. The number of nitrogens with one attached hydrogen (secondary N) is 3. The number of aromatic nitrogens is 2. The molecule has 3 N–H and O–H groups in total. The van der Waals surface area contributed by atoms with Gasteiger partial charge in [0.15, 0.2) is 11.5 Å². The van der Waals surface area contributed by atoms with E-state index in [1.807, 2.05) is 0 Å². The van der Waals surface area contributed by atoms with Gasteiger partial charge in [-0.3, -0.25) is 4.79 Å². The van der Waals surface area contributed by atoms with E-state index in [1.54, 1.807) is 24.3 Å². The SMILES string of the molecule is CNC(=O)c1cc2ccc1Nc1nc(ncc1C(F)(F)F)Nc1ccc(c(OC)c1)OCCCCCCO2. The normalized spacial score (nSPS) is 14.2. The molecule has 38 heavy (non-hydrogen) atoms. The maximum absolute atomic E-state index is 13.8. The Kier molecular flexibility index (Phi) is 8.39.